The Morgan fingerprint density at radius 2 is 2.14 bits per heavy atom. The molecule has 0 radical (unpaired) electrons. The molecule has 2 N–H and O–H groups in total. The number of hydrogen-bond donors (Lipinski definition) is 1. The van der Waals surface area contributed by atoms with Crippen molar-refractivity contribution in [3.8, 4) is 0 Å². The third-order valence-electron chi connectivity index (χ3n) is 0.571. The van der Waals surface area contributed by atoms with Gasteiger partial charge < -0.3 is 5.73 Å². The van der Waals surface area contributed by atoms with Crippen molar-refractivity contribution in [2.24, 2.45) is 5.73 Å². The molecule has 0 spiro atoms. The summed E-state index contributed by atoms with van der Waals surface area (Å²) in [5.41, 5.74) is 6.33. The monoisotopic (exact) mass is 121 g/mol. The van der Waals surface area contributed by atoms with Gasteiger partial charge in [0.2, 0.25) is 0 Å². The molecule has 7 heavy (non-hydrogen) atoms. The Balaban J connectivity index is 0. The van der Waals surface area contributed by atoms with Gasteiger partial charge in [-0.25, -0.2) is 0 Å². The van der Waals surface area contributed by atoms with E-state index in [2.05, 4.69) is 6.58 Å². The summed E-state index contributed by atoms with van der Waals surface area (Å²) in [5.74, 6) is 0. The first-order valence-corrected chi connectivity index (χ1v) is 2.12. The Kier molecular flexibility index (Phi) is 8.62. The van der Waals surface area contributed by atoms with Crippen molar-refractivity contribution in [1.82, 2.24) is 0 Å². The van der Waals surface area contributed by atoms with E-state index in [1.165, 1.54) is 0 Å². The van der Waals surface area contributed by atoms with Crippen molar-refractivity contribution in [2.75, 3.05) is 6.54 Å². The third kappa shape index (κ3) is 10.7. The van der Waals surface area contributed by atoms with Crippen LogP contribution in [0, 0.1) is 0 Å². The highest BCUT2D eigenvalue weighted by Gasteiger charge is 1.76. The van der Waals surface area contributed by atoms with Gasteiger partial charge in [0.25, 0.3) is 0 Å². The van der Waals surface area contributed by atoms with Gasteiger partial charge in [-0.3, -0.25) is 0 Å². The van der Waals surface area contributed by atoms with Gasteiger partial charge in [-0.15, -0.1) is 19.0 Å². The van der Waals surface area contributed by atoms with E-state index in [9.17, 15) is 0 Å². The van der Waals surface area contributed by atoms with Crippen LogP contribution in [-0.4, -0.2) is 6.54 Å². The summed E-state index contributed by atoms with van der Waals surface area (Å²) >= 11 is 0. The zero-order valence-electron chi connectivity index (χ0n) is 4.61. The van der Waals surface area contributed by atoms with Crippen molar-refractivity contribution in [3.05, 3.63) is 12.2 Å². The van der Waals surface area contributed by atoms with Gasteiger partial charge in [0, 0.05) is 0 Å². The maximum atomic E-state index is 5.17. The molecule has 0 aliphatic heterocycles. The Hall–Kier alpha value is -0.0100. The van der Waals surface area contributed by atoms with Gasteiger partial charge >= 0.3 is 0 Å². The molecule has 0 aliphatic rings. The molecule has 0 amide bonds. The minimum absolute atomic E-state index is 0. The van der Waals surface area contributed by atoms with Crippen molar-refractivity contribution in [1.29, 1.82) is 0 Å². The zero-order chi connectivity index (χ0) is 4.99. The fraction of sp³-hybridized carbons (Fsp3) is 0.600. The number of rotatable bonds is 2. The molecule has 0 unspecified atom stereocenters. The first-order valence-electron chi connectivity index (χ1n) is 2.12. The molecule has 0 rings (SSSR count). The van der Waals surface area contributed by atoms with Crippen LogP contribution in [0.1, 0.15) is 13.3 Å². The average Bonchev–Trinajstić information content (AvgIpc) is 1.35. The fourth-order valence-electron chi connectivity index (χ4n) is 0.246. The van der Waals surface area contributed by atoms with Crippen LogP contribution < -0.4 is 5.73 Å². The lowest BCUT2D eigenvalue weighted by atomic mass is 10.2. The smallest absolute Gasteiger partial charge is 0.00402 e. The van der Waals surface area contributed by atoms with E-state index in [0.717, 1.165) is 18.5 Å². The van der Waals surface area contributed by atoms with Crippen LogP contribution in [0.3, 0.4) is 0 Å². The summed E-state index contributed by atoms with van der Waals surface area (Å²) in [6, 6.07) is 0. The predicted octanol–water partition coefficient (Wildman–Crippen LogP) is 1.33. The highest BCUT2D eigenvalue weighted by atomic mass is 35.5. The summed E-state index contributed by atoms with van der Waals surface area (Å²) in [7, 11) is 0. The Bertz CT molecular complexity index is 52.0. The molecule has 0 saturated carbocycles. The maximum absolute atomic E-state index is 5.17. The van der Waals surface area contributed by atoms with Crippen molar-refractivity contribution < 1.29 is 0 Å². The zero-order valence-corrected chi connectivity index (χ0v) is 5.42. The van der Waals surface area contributed by atoms with E-state index >= 15 is 0 Å². The highest BCUT2D eigenvalue weighted by molar-refractivity contribution is 5.85. The van der Waals surface area contributed by atoms with E-state index < -0.39 is 0 Å². The molecule has 0 aromatic rings. The second kappa shape index (κ2) is 5.99. The lowest BCUT2D eigenvalue weighted by Crippen LogP contribution is -1.97. The lowest BCUT2D eigenvalue weighted by Gasteiger charge is -1.87. The Morgan fingerprint density at radius 3 is 2.14 bits per heavy atom. The number of nitrogens with two attached hydrogens (primary N) is 1. The molecule has 0 aromatic carbocycles. The van der Waals surface area contributed by atoms with Crippen LogP contribution in [0.2, 0.25) is 0 Å². The van der Waals surface area contributed by atoms with Crippen LogP contribution in [0.15, 0.2) is 12.2 Å². The van der Waals surface area contributed by atoms with Gasteiger partial charge in [0.15, 0.2) is 0 Å². The van der Waals surface area contributed by atoms with E-state index in [4.69, 9.17) is 5.73 Å². The summed E-state index contributed by atoms with van der Waals surface area (Å²) in [6.07, 6.45) is 0.958. The second-order valence-corrected chi connectivity index (χ2v) is 1.50. The molecule has 0 aliphatic carbocycles. The molecule has 0 atom stereocenters. The molecule has 0 heterocycles. The van der Waals surface area contributed by atoms with E-state index in [1.807, 2.05) is 6.92 Å². The second-order valence-electron chi connectivity index (χ2n) is 1.50. The largest absolute Gasteiger partial charge is 0.330 e. The molecular weight excluding hydrogens is 110 g/mol. The van der Waals surface area contributed by atoms with Gasteiger partial charge in [0.05, 0.1) is 0 Å². The molecule has 0 saturated heterocycles. The molecule has 1 nitrogen and oxygen atoms in total. The van der Waals surface area contributed by atoms with Crippen LogP contribution >= 0.6 is 12.4 Å². The van der Waals surface area contributed by atoms with Crippen molar-refractivity contribution in [3.63, 3.8) is 0 Å². The lowest BCUT2D eigenvalue weighted by molar-refractivity contribution is 0.955. The minimum Gasteiger partial charge on any atom is -0.330 e. The van der Waals surface area contributed by atoms with E-state index in [-0.39, 0.29) is 12.4 Å². The SMILES string of the molecule is C=C(C)CCN.Cl. The predicted molar refractivity (Wildman–Crippen MR) is 35.7 cm³/mol. The van der Waals surface area contributed by atoms with Crippen LogP contribution in [-0.2, 0) is 0 Å². The molecule has 0 aromatic heterocycles. The summed E-state index contributed by atoms with van der Waals surface area (Å²) in [5, 5.41) is 0. The standard InChI is InChI=1S/C5H11N.ClH/c1-5(2)3-4-6;/h1,3-4,6H2,2H3;1H. The summed E-state index contributed by atoms with van der Waals surface area (Å²) < 4.78 is 0. The van der Waals surface area contributed by atoms with Gasteiger partial charge in [0.1, 0.15) is 0 Å². The fourth-order valence-corrected chi connectivity index (χ4v) is 0.246. The Morgan fingerprint density at radius 1 is 1.71 bits per heavy atom. The highest BCUT2D eigenvalue weighted by Crippen LogP contribution is 1.88. The van der Waals surface area contributed by atoms with E-state index in [0.29, 0.717) is 0 Å². The summed E-state index contributed by atoms with van der Waals surface area (Å²) in [6.45, 7) is 6.38. The van der Waals surface area contributed by atoms with Gasteiger partial charge in [-0.1, -0.05) is 5.57 Å². The molecule has 2 heteroatoms. The molecular formula is C5H12ClN. The quantitative estimate of drug-likeness (QED) is 0.549. The minimum atomic E-state index is 0. The van der Waals surface area contributed by atoms with Crippen LogP contribution in [0.5, 0.6) is 0 Å². The Labute approximate surface area is 51.0 Å². The van der Waals surface area contributed by atoms with Crippen molar-refractivity contribution in [2.45, 2.75) is 13.3 Å². The first-order chi connectivity index (χ1) is 2.77. The van der Waals surface area contributed by atoms with Crippen molar-refractivity contribution >= 4 is 12.4 Å². The topological polar surface area (TPSA) is 26.0 Å². The molecule has 0 fully saturated rings. The van der Waals surface area contributed by atoms with Gasteiger partial charge in [-0.05, 0) is 19.9 Å². The van der Waals surface area contributed by atoms with Crippen LogP contribution in [0.25, 0.3) is 0 Å². The van der Waals surface area contributed by atoms with E-state index in [1.54, 1.807) is 0 Å². The summed E-state index contributed by atoms with van der Waals surface area (Å²) in [4.78, 5) is 0. The molecule has 44 valence electrons. The first kappa shape index (κ1) is 10.1. The maximum Gasteiger partial charge on any atom is -0.00402 e. The average molecular weight is 122 g/mol. The normalized spacial score (nSPS) is 7.14. The third-order valence-corrected chi connectivity index (χ3v) is 0.571. The number of halogens is 1. The molecule has 0 bridgehead atoms. The number of hydrogen-bond acceptors (Lipinski definition) is 1. The van der Waals surface area contributed by atoms with Gasteiger partial charge in [-0.2, -0.15) is 0 Å². The van der Waals surface area contributed by atoms with Crippen LogP contribution in [0.4, 0.5) is 0 Å².